The van der Waals surface area contributed by atoms with Gasteiger partial charge in [-0.05, 0) is 31.4 Å². The zero-order chi connectivity index (χ0) is 15.5. The van der Waals surface area contributed by atoms with Gasteiger partial charge in [0, 0.05) is 12.4 Å². The van der Waals surface area contributed by atoms with E-state index in [2.05, 4.69) is 16.2 Å². The lowest BCUT2D eigenvalue weighted by Gasteiger charge is -2.29. The zero-order valence-electron chi connectivity index (χ0n) is 12.6. The van der Waals surface area contributed by atoms with E-state index in [0.717, 1.165) is 53.0 Å². The molecule has 0 saturated heterocycles. The van der Waals surface area contributed by atoms with Crippen LogP contribution in [0.5, 0.6) is 0 Å². The molecule has 1 aliphatic carbocycles. The Labute approximate surface area is 135 Å². The number of nitrogens with zero attached hydrogens (tertiary/aromatic N) is 3. The lowest BCUT2D eigenvalue weighted by atomic mass is 9.86. The molecule has 1 saturated carbocycles. The van der Waals surface area contributed by atoms with Crippen LogP contribution in [0, 0.1) is 5.92 Å². The van der Waals surface area contributed by atoms with E-state index in [9.17, 15) is 5.21 Å². The van der Waals surface area contributed by atoms with Crippen LogP contribution in [0.25, 0.3) is 10.9 Å². The highest BCUT2D eigenvalue weighted by Gasteiger charge is 2.27. The van der Waals surface area contributed by atoms with E-state index in [1.54, 1.807) is 0 Å². The molecule has 1 heterocycles. The number of hydrogen-bond donors (Lipinski definition) is 1. The van der Waals surface area contributed by atoms with E-state index in [-0.39, 0.29) is 5.92 Å². The van der Waals surface area contributed by atoms with Crippen LogP contribution in [0.3, 0.4) is 0 Å². The van der Waals surface area contributed by atoms with Crippen molar-refractivity contribution in [1.29, 1.82) is 0 Å². The Kier molecular flexibility index (Phi) is 4.34. The average molecular weight is 313 g/mol. The van der Waals surface area contributed by atoms with E-state index in [1.165, 1.54) is 0 Å². The van der Waals surface area contributed by atoms with Crippen LogP contribution in [0.2, 0.25) is 0 Å². The number of pyridine rings is 1. The molecule has 0 amide bonds. The number of rotatable bonds is 2. The number of hydrogen-bond acceptors (Lipinski definition) is 4. The van der Waals surface area contributed by atoms with Crippen molar-refractivity contribution in [3.8, 4) is 0 Å². The Morgan fingerprint density at radius 3 is 3.00 bits per heavy atom. The molecular weight excluding hydrogens is 294 g/mol. The molecule has 1 unspecified atom stereocenters. The Morgan fingerprint density at radius 2 is 2.18 bits per heavy atom. The topological polar surface area (TPSA) is 48.7 Å². The molecule has 1 atom stereocenters. The number of benzene rings is 1. The lowest BCUT2D eigenvalue weighted by Crippen LogP contribution is -2.37. The van der Waals surface area contributed by atoms with Gasteiger partial charge in [-0.15, -0.1) is 0 Å². The highest BCUT2D eigenvalue weighted by molar-refractivity contribution is 7.80. The summed E-state index contributed by atoms with van der Waals surface area (Å²) in [5.74, 6) is 0.0465. The number of oxime groups is 1. The molecule has 5 heteroatoms. The highest BCUT2D eigenvalue weighted by Crippen LogP contribution is 2.27. The molecule has 3 rings (SSSR count). The van der Waals surface area contributed by atoms with E-state index < -0.39 is 0 Å². The Bertz CT molecular complexity index is 729. The first kappa shape index (κ1) is 14.9. The van der Waals surface area contributed by atoms with Gasteiger partial charge in [0.25, 0.3) is 0 Å². The molecule has 0 spiro atoms. The van der Waals surface area contributed by atoms with Crippen LogP contribution in [-0.2, 0) is 0 Å². The van der Waals surface area contributed by atoms with Gasteiger partial charge in [-0.25, -0.2) is 0 Å². The van der Waals surface area contributed by atoms with Crippen molar-refractivity contribution in [3.63, 3.8) is 0 Å². The molecule has 2 aromatic rings. The van der Waals surface area contributed by atoms with Crippen molar-refractivity contribution >= 4 is 39.5 Å². The fourth-order valence-corrected chi connectivity index (χ4v) is 3.34. The van der Waals surface area contributed by atoms with E-state index in [4.69, 9.17) is 12.2 Å². The number of anilines is 1. The molecule has 0 aliphatic heterocycles. The third-order valence-electron chi connectivity index (χ3n) is 4.30. The third kappa shape index (κ3) is 2.81. The number of para-hydroxylation sites is 1. The molecule has 4 nitrogen and oxygen atoms in total. The largest absolute Gasteiger partial charge is 0.411 e. The summed E-state index contributed by atoms with van der Waals surface area (Å²) in [7, 11) is 1.96. The fourth-order valence-electron chi connectivity index (χ4n) is 2.98. The quantitative estimate of drug-likeness (QED) is 0.517. The van der Waals surface area contributed by atoms with Gasteiger partial charge >= 0.3 is 0 Å². The average Bonchev–Trinajstić information content (AvgIpc) is 2.60. The normalized spacial score (nSPS) is 20.2. The third-order valence-corrected chi connectivity index (χ3v) is 4.86. The maximum Gasteiger partial charge on any atom is 0.0911 e. The minimum absolute atomic E-state index is 0.0465. The maximum atomic E-state index is 9.20. The Morgan fingerprint density at radius 1 is 1.36 bits per heavy atom. The van der Waals surface area contributed by atoms with Crippen molar-refractivity contribution < 1.29 is 5.21 Å². The number of aromatic nitrogens is 1. The van der Waals surface area contributed by atoms with Crippen molar-refractivity contribution in [2.75, 3.05) is 11.9 Å². The van der Waals surface area contributed by atoms with Crippen LogP contribution in [-0.4, -0.2) is 27.9 Å². The van der Waals surface area contributed by atoms with Crippen molar-refractivity contribution in [2.24, 2.45) is 11.1 Å². The SMILES string of the molecule is CN(C(=S)C1CCCCC1=NO)c1cnc2ccccc2c1. The summed E-state index contributed by atoms with van der Waals surface area (Å²) in [6.07, 6.45) is 5.80. The van der Waals surface area contributed by atoms with Crippen molar-refractivity contribution in [2.45, 2.75) is 25.7 Å². The van der Waals surface area contributed by atoms with Crippen LogP contribution in [0.4, 0.5) is 5.69 Å². The standard InChI is InChI=1S/C17H19N3OS/c1-20(17(22)14-7-3-5-9-16(14)19-21)13-10-12-6-2-4-8-15(12)18-11-13/h2,4,6,8,10-11,14,21H,3,5,7,9H2,1H3. The second-order valence-corrected chi connectivity index (χ2v) is 6.09. The summed E-state index contributed by atoms with van der Waals surface area (Å²) in [4.78, 5) is 7.27. The summed E-state index contributed by atoms with van der Waals surface area (Å²) >= 11 is 5.65. The molecule has 0 radical (unpaired) electrons. The number of thiocarbonyl (C=S) groups is 1. The van der Waals surface area contributed by atoms with Gasteiger partial charge in [0.1, 0.15) is 0 Å². The summed E-state index contributed by atoms with van der Waals surface area (Å²) < 4.78 is 0. The first-order valence-corrected chi connectivity index (χ1v) is 7.94. The molecule has 1 N–H and O–H groups in total. The molecule has 1 aromatic carbocycles. The van der Waals surface area contributed by atoms with E-state index in [0.29, 0.717) is 0 Å². The van der Waals surface area contributed by atoms with Crippen molar-refractivity contribution in [1.82, 2.24) is 4.98 Å². The van der Waals surface area contributed by atoms with Gasteiger partial charge in [0.05, 0.1) is 34.0 Å². The molecule has 1 fully saturated rings. The van der Waals surface area contributed by atoms with Gasteiger partial charge in [0.15, 0.2) is 0 Å². The highest BCUT2D eigenvalue weighted by atomic mass is 32.1. The molecule has 22 heavy (non-hydrogen) atoms. The molecular formula is C17H19N3OS. The van der Waals surface area contributed by atoms with Gasteiger partial charge in [-0.1, -0.05) is 42.0 Å². The molecule has 1 aromatic heterocycles. The fraction of sp³-hybridized carbons (Fsp3) is 0.353. The van der Waals surface area contributed by atoms with Crippen LogP contribution in [0.1, 0.15) is 25.7 Å². The predicted octanol–water partition coefficient (Wildman–Crippen LogP) is 4.02. The summed E-state index contributed by atoms with van der Waals surface area (Å²) in [6, 6.07) is 10.1. The summed E-state index contributed by atoms with van der Waals surface area (Å²) in [6.45, 7) is 0. The first-order valence-electron chi connectivity index (χ1n) is 7.54. The second-order valence-electron chi connectivity index (χ2n) is 5.67. The van der Waals surface area contributed by atoms with Crippen LogP contribution in [0.15, 0.2) is 41.7 Å². The monoisotopic (exact) mass is 313 g/mol. The van der Waals surface area contributed by atoms with Gasteiger partial charge in [0.2, 0.25) is 0 Å². The lowest BCUT2D eigenvalue weighted by molar-refractivity contribution is 0.312. The Balaban J connectivity index is 1.87. The molecule has 1 aliphatic rings. The van der Waals surface area contributed by atoms with E-state index in [1.807, 2.05) is 42.4 Å². The maximum absolute atomic E-state index is 9.20. The Hall–Kier alpha value is -2.01. The van der Waals surface area contributed by atoms with Crippen LogP contribution >= 0.6 is 12.2 Å². The summed E-state index contributed by atoms with van der Waals surface area (Å²) in [5.41, 5.74) is 2.74. The minimum atomic E-state index is 0.0465. The van der Waals surface area contributed by atoms with Gasteiger partial charge in [-0.3, -0.25) is 4.98 Å². The molecule has 0 bridgehead atoms. The first-order chi connectivity index (χ1) is 10.7. The van der Waals surface area contributed by atoms with Gasteiger partial charge in [-0.2, -0.15) is 0 Å². The predicted molar refractivity (Wildman–Crippen MR) is 93.9 cm³/mol. The van der Waals surface area contributed by atoms with Gasteiger partial charge < -0.3 is 10.1 Å². The zero-order valence-corrected chi connectivity index (χ0v) is 13.4. The minimum Gasteiger partial charge on any atom is -0.411 e. The van der Waals surface area contributed by atoms with Crippen LogP contribution < -0.4 is 4.90 Å². The molecule has 114 valence electrons. The van der Waals surface area contributed by atoms with E-state index >= 15 is 0 Å². The van der Waals surface area contributed by atoms with Crippen molar-refractivity contribution in [3.05, 3.63) is 36.5 Å². The second kappa shape index (κ2) is 6.40. The number of fused-ring (bicyclic) bond motifs is 1. The smallest absolute Gasteiger partial charge is 0.0911 e. The summed E-state index contributed by atoms with van der Waals surface area (Å²) in [5, 5.41) is 13.8.